The van der Waals surface area contributed by atoms with Crippen molar-refractivity contribution in [2.45, 2.75) is 6.54 Å². The Morgan fingerprint density at radius 2 is 1.92 bits per heavy atom. The number of methoxy groups -OCH3 is 1. The summed E-state index contributed by atoms with van der Waals surface area (Å²) in [7, 11) is 1.63. The Morgan fingerprint density at radius 1 is 1.12 bits per heavy atom. The number of fused-ring (bicyclic) bond motifs is 1. The predicted octanol–water partition coefficient (Wildman–Crippen LogP) is 3.57. The number of pyridine rings is 1. The van der Waals surface area contributed by atoms with Crippen molar-refractivity contribution in [1.82, 2.24) is 10.3 Å². The Bertz CT molecular complexity index is 865. The van der Waals surface area contributed by atoms with E-state index in [9.17, 15) is 4.79 Å². The van der Waals surface area contributed by atoms with Crippen LogP contribution in [0.2, 0.25) is 0 Å². The largest absolute Gasteiger partial charge is 0.497 e. The summed E-state index contributed by atoms with van der Waals surface area (Å²) in [5.41, 5.74) is 2.83. The van der Waals surface area contributed by atoms with E-state index >= 15 is 0 Å². The number of aromatic nitrogens is 1. The molecule has 4 nitrogen and oxygen atoms in total. The maximum absolute atomic E-state index is 12.0. The molecule has 0 aliphatic rings. The van der Waals surface area contributed by atoms with Gasteiger partial charge in [0.2, 0.25) is 5.91 Å². The van der Waals surface area contributed by atoms with Crippen LogP contribution in [-0.2, 0) is 11.3 Å². The number of carbonyl (C=O) groups is 1. The molecule has 0 atom stereocenters. The quantitative estimate of drug-likeness (QED) is 0.732. The average Bonchev–Trinajstić information content (AvgIpc) is 2.65. The van der Waals surface area contributed by atoms with Crippen molar-refractivity contribution >= 4 is 22.9 Å². The Balaban J connectivity index is 1.64. The minimum Gasteiger partial charge on any atom is -0.497 e. The van der Waals surface area contributed by atoms with Crippen LogP contribution in [0.4, 0.5) is 0 Å². The van der Waals surface area contributed by atoms with Gasteiger partial charge in [-0.1, -0.05) is 36.4 Å². The van der Waals surface area contributed by atoms with E-state index in [2.05, 4.69) is 10.3 Å². The molecule has 0 unspecified atom stereocenters. The highest BCUT2D eigenvalue weighted by Crippen LogP contribution is 2.17. The molecule has 3 rings (SSSR count). The first-order valence-corrected chi connectivity index (χ1v) is 7.69. The van der Waals surface area contributed by atoms with Crippen molar-refractivity contribution in [3.63, 3.8) is 0 Å². The summed E-state index contributed by atoms with van der Waals surface area (Å²) in [6.07, 6.45) is 5.08. The standard InChI is InChI=1S/C20H18N2O2/c1-24-18-10-7-15(8-11-18)14-22-19(23)12-9-17-5-2-4-16-6-3-13-21-20(16)17/h2-13H,14H2,1H3,(H,22,23)/b12-9+. The molecule has 0 saturated heterocycles. The molecule has 0 aliphatic carbocycles. The fraction of sp³-hybridized carbons (Fsp3) is 0.100. The third-order valence-corrected chi connectivity index (χ3v) is 3.70. The van der Waals surface area contributed by atoms with Crippen LogP contribution >= 0.6 is 0 Å². The molecule has 4 heteroatoms. The number of carbonyl (C=O) groups excluding carboxylic acids is 1. The van der Waals surface area contributed by atoms with Gasteiger partial charge in [0.05, 0.1) is 12.6 Å². The second kappa shape index (κ2) is 7.42. The van der Waals surface area contributed by atoms with Crippen molar-refractivity contribution in [2.75, 3.05) is 7.11 Å². The van der Waals surface area contributed by atoms with Crippen molar-refractivity contribution in [2.24, 2.45) is 0 Å². The predicted molar refractivity (Wildman–Crippen MR) is 95.6 cm³/mol. The van der Waals surface area contributed by atoms with E-state index in [1.54, 1.807) is 19.4 Å². The van der Waals surface area contributed by atoms with Crippen LogP contribution < -0.4 is 10.1 Å². The normalized spacial score (nSPS) is 10.9. The van der Waals surface area contributed by atoms with Gasteiger partial charge in [0, 0.05) is 29.8 Å². The van der Waals surface area contributed by atoms with Gasteiger partial charge in [0.25, 0.3) is 0 Å². The molecule has 0 saturated carbocycles. The number of rotatable bonds is 5. The number of hydrogen-bond donors (Lipinski definition) is 1. The molecule has 0 aliphatic heterocycles. The maximum Gasteiger partial charge on any atom is 0.244 e. The summed E-state index contributed by atoms with van der Waals surface area (Å²) in [6.45, 7) is 0.473. The van der Waals surface area contributed by atoms with E-state index in [0.717, 1.165) is 27.8 Å². The lowest BCUT2D eigenvalue weighted by Crippen LogP contribution is -2.20. The van der Waals surface area contributed by atoms with E-state index in [1.165, 1.54) is 6.08 Å². The second-order valence-corrected chi connectivity index (χ2v) is 5.32. The van der Waals surface area contributed by atoms with Gasteiger partial charge in [-0.25, -0.2) is 0 Å². The summed E-state index contributed by atoms with van der Waals surface area (Å²) in [5.74, 6) is 0.659. The van der Waals surface area contributed by atoms with Crippen LogP contribution in [-0.4, -0.2) is 18.0 Å². The zero-order valence-corrected chi connectivity index (χ0v) is 13.4. The number of amides is 1. The molecule has 1 N–H and O–H groups in total. The van der Waals surface area contributed by atoms with E-state index in [0.29, 0.717) is 6.54 Å². The Morgan fingerprint density at radius 3 is 2.71 bits per heavy atom. The Labute approximate surface area is 140 Å². The highest BCUT2D eigenvalue weighted by atomic mass is 16.5. The molecular weight excluding hydrogens is 300 g/mol. The van der Waals surface area contributed by atoms with E-state index in [-0.39, 0.29) is 5.91 Å². The van der Waals surface area contributed by atoms with Crippen molar-refractivity contribution in [3.8, 4) is 5.75 Å². The highest BCUT2D eigenvalue weighted by Gasteiger charge is 2.01. The molecular formula is C20H18N2O2. The molecule has 1 heterocycles. The Kier molecular flexibility index (Phi) is 4.87. The number of nitrogens with zero attached hydrogens (tertiary/aromatic N) is 1. The van der Waals surface area contributed by atoms with Crippen LogP contribution in [0.5, 0.6) is 5.75 Å². The zero-order chi connectivity index (χ0) is 16.8. The first kappa shape index (κ1) is 15.7. The number of benzene rings is 2. The molecule has 2 aromatic carbocycles. The van der Waals surface area contributed by atoms with Crippen molar-refractivity contribution in [1.29, 1.82) is 0 Å². The molecule has 0 fully saturated rings. The van der Waals surface area contributed by atoms with Gasteiger partial charge in [-0.15, -0.1) is 0 Å². The molecule has 0 radical (unpaired) electrons. The first-order valence-electron chi connectivity index (χ1n) is 7.69. The summed E-state index contributed by atoms with van der Waals surface area (Å²) < 4.78 is 5.11. The van der Waals surface area contributed by atoms with Crippen molar-refractivity contribution in [3.05, 3.63) is 78.0 Å². The third-order valence-electron chi connectivity index (χ3n) is 3.70. The highest BCUT2D eigenvalue weighted by molar-refractivity contribution is 5.95. The number of hydrogen-bond acceptors (Lipinski definition) is 3. The summed E-state index contributed by atoms with van der Waals surface area (Å²) >= 11 is 0. The lowest BCUT2D eigenvalue weighted by molar-refractivity contribution is -0.116. The summed E-state index contributed by atoms with van der Waals surface area (Å²) in [4.78, 5) is 16.4. The van der Waals surface area contributed by atoms with Crippen LogP contribution in [0.1, 0.15) is 11.1 Å². The SMILES string of the molecule is COc1ccc(CNC(=O)/C=C/c2cccc3cccnc23)cc1. The van der Waals surface area contributed by atoms with Gasteiger partial charge >= 0.3 is 0 Å². The Hall–Kier alpha value is -3.14. The molecule has 3 aromatic rings. The molecule has 1 amide bonds. The van der Waals surface area contributed by atoms with Crippen LogP contribution in [0.25, 0.3) is 17.0 Å². The maximum atomic E-state index is 12.0. The topological polar surface area (TPSA) is 51.2 Å². The van der Waals surface area contributed by atoms with Gasteiger partial charge in [-0.2, -0.15) is 0 Å². The summed E-state index contributed by atoms with van der Waals surface area (Å²) in [5, 5.41) is 3.92. The number of nitrogens with one attached hydrogen (secondary N) is 1. The van der Waals surface area contributed by atoms with Crippen LogP contribution in [0, 0.1) is 0 Å². The smallest absolute Gasteiger partial charge is 0.244 e. The molecule has 1 aromatic heterocycles. The number of ether oxygens (including phenoxy) is 1. The first-order chi connectivity index (χ1) is 11.8. The second-order valence-electron chi connectivity index (χ2n) is 5.32. The van der Waals surface area contributed by atoms with Crippen molar-refractivity contribution < 1.29 is 9.53 Å². The average molecular weight is 318 g/mol. The van der Waals surface area contributed by atoms with Gasteiger partial charge < -0.3 is 10.1 Å². The number of para-hydroxylation sites is 1. The monoisotopic (exact) mass is 318 g/mol. The lowest BCUT2D eigenvalue weighted by atomic mass is 10.1. The van der Waals surface area contributed by atoms with E-state index in [1.807, 2.05) is 54.6 Å². The summed E-state index contributed by atoms with van der Waals surface area (Å²) in [6, 6.07) is 17.4. The molecule has 120 valence electrons. The lowest BCUT2D eigenvalue weighted by Gasteiger charge is -2.04. The van der Waals surface area contributed by atoms with Gasteiger partial charge in [-0.05, 0) is 29.8 Å². The zero-order valence-electron chi connectivity index (χ0n) is 13.4. The van der Waals surface area contributed by atoms with E-state index in [4.69, 9.17) is 4.74 Å². The van der Waals surface area contributed by atoms with Gasteiger partial charge in [-0.3, -0.25) is 9.78 Å². The minimum atomic E-state index is -0.140. The minimum absolute atomic E-state index is 0.140. The third kappa shape index (κ3) is 3.79. The molecule has 24 heavy (non-hydrogen) atoms. The fourth-order valence-electron chi connectivity index (χ4n) is 2.42. The van der Waals surface area contributed by atoms with Crippen LogP contribution in [0.15, 0.2) is 66.9 Å². The fourth-order valence-corrected chi connectivity index (χ4v) is 2.42. The van der Waals surface area contributed by atoms with Crippen LogP contribution in [0.3, 0.4) is 0 Å². The van der Waals surface area contributed by atoms with Gasteiger partial charge in [0.1, 0.15) is 5.75 Å². The molecule has 0 spiro atoms. The molecule has 0 bridgehead atoms. The van der Waals surface area contributed by atoms with E-state index < -0.39 is 0 Å². The van der Waals surface area contributed by atoms with Gasteiger partial charge in [0.15, 0.2) is 0 Å².